The van der Waals surface area contributed by atoms with Gasteiger partial charge in [-0.25, -0.2) is 0 Å². The summed E-state index contributed by atoms with van der Waals surface area (Å²) < 4.78 is 0. The fraction of sp³-hybridized carbons (Fsp3) is 0.323. The van der Waals surface area contributed by atoms with E-state index in [9.17, 15) is 9.59 Å². The summed E-state index contributed by atoms with van der Waals surface area (Å²) in [7, 11) is 0. The fourth-order valence-electron chi connectivity index (χ4n) is 5.02. The maximum atomic E-state index is 13.1. The summed E-state index contributed by atoms with van der Waals surface area (Å²) in [6.45, 7) is 4.72. The quantitative estimate of drug-likeness (QED) is 0.210. The molecule has 3 aromatic carbocycles. The first-order valence-corrected chi connectivity index (χ1v) is 13.4. The Kier molecular flexibility index (Phi) is 9.48. The molecule has 0 bridgehead atoms. The van der Waals surface area contributed by atoms with Crippen LogP contribution in [0, 0.1) is 6.92 Å². The summed E-state index contributed by atoms with van der Waals surface area (Å²) in [5.41, 5.74) is 13.4. The van der Waals surface area contributed by atoms with Gasteiger partial charge in [0.15, 0.2) is 0 Å². The largest absolute Gasteiger partial charge is 0.343 e. The molecule has 2 aliphatic rings. The number of nitrogens with one attached hydrogen (secondary N) is 1. The molecule has 200 valence electrons. The molecule has 8 heteroatoms. The van der Waals surface area contributed by atoms with Crippen molar-refractivity contribution >= 4 is 23.7 Å². The van der Waals surface area contributed by atoms with Gasteiger partial charge in [-0.3, -0.25) is 14.6 Å². The Morgan fingerprint density at radius 1 is 1.08 bits per heavy atom. The molecule has 0 aromatic heterocycles. The van der Waals surface area contributed by atoms with Crippen LogP contribution in [0.3, 0.4) is 0 Å². The number of para-hydroxylation sites is 1. The standard InChI is InChI=1S/C23H28N2O2.C8H6N4/c1-3-9-21(26)25-15-8-14-20(25)23(27)24-22(18-11-5-4-6-12-18)19-13-7-10-17(2)16-19;9-12-11-8-5-10-7-4-2-1-3-6(7)8/h4-7,10-13,16,20,22H,3,8-9,14-15H2,1-2H3,(H,24,27);1-5,8H/t20-,22?;/m0./s1. The summed E-state index contributed by atoms with van der Waals surface area (Å²) >= 11 is 0. The second-order valence-electron chi connectivity index (χ2n) is 9.75. The zero-order chi connectivity index (χ0) is 27.6. The molecular weight excluding hydrogens is 488 g/mol. The van der Waals surface area contributed by atoms with Crippen LogP contribution >= 0.6 is 0 Å². The summed E-state index contributed by atoms with van der Waals surface area (Å²) in [4.78, 5) is 34.1. The Labute approximate surface area is 229 Å². The maximum Gasteiger partial charge on any atom is 0.243 e. The number of carbonyl (C=O) groups is 2. The van der Waals surface area contributed by atoms with E-state index < -0.39 is 0 Å². The van der Waals surface area contributed by atoms with Crippen molar-refractivity contribution in [3.05, 3.63) is 112 Å². The van der Waals surface area contributed by atoms with Crippen molar-refractivity contribution in [3.63, 3.8) is 0 Å². The van der Waals surface area contributed by atoms with Crippen LogP contribution in [-0.4, -0.2) is 35.5 Å². The van der Waals surface area contributed by atoms with Crippen molar-refractivity contribution in [3.8, 4) is 0 Å². The molecule has 1 saturated heterocycles. The summed E-state index contributed by atoms with van der Waals surface area (Å²) in [5.74, 6) is 0.0225. The first-order valence-electron chi connectivity index (χ1n) is 13.4. The highest BCUT2D eigenvalue weighted by Gasteiger charge is 2.34. The Balaban J connectivity index is 0.000000243. The minimum atomic E-state index is -0.361. The molecule has 3 aromatic rings. The number of likely N-dealkylation sites (tertiary alicyclic amines) is 1. The molecule has 8 nitrogen and oxygen atoms in total. The van der Waals surface area contributed by atoms with Gasteiger partial charge in [-0.2, -0.15) is 0 Å². The molecule has 2 unspecified atom stereocenters. The van der Waals surface area contributed by atoms with Gasteiger partial charge >= 0.3 is 0 Å². The molecular formula is C31H34N6O2. The number of azide groups is 1. The van der Waals surface area contributed by atoms with Crippen molar-refractivity contribution in [2.24, 2.45) is 10.1 Å². The van der Waals surface area contributed by atoms with Gasteiger partial charge in [-0.05, 0) is 54.5 Å². The van der Waals surface area contributed by atoms with E-state index in [0.29, 0.717) is 13.0 Å². The van der Waals surface area contributed by atoms with Crippen LogP contribution in [0.1, 0.15) is 66.9 Å². The molecule has 3 atom stereocenters. The number of nitrogens with zero attached hydrogens (tertiary/aromatic N) is 5. The van der Waals surface area contributed by atoms with Crippen LogP contribution in [0.4, 0.5) is 5.69 Å². The third-order valence-electron chi connectivity index (χ3n) is 6.92. The summed E-state index contributed by atoms with van der Waals surface area (Å²) in [5, 5.41) is 6.81. The molecule has 1 fully saturated rings. The smallest absolute Gasteiger partial charge is 0.243 e. The third kappa shape index (κ3) is 6.92. The van der Waals surface area contributed by atoms with Crippen LogP contribution in [0.25, 0.3) is 10.4 Å². The number of fused-ring (bicyclic) bond motifs is 1. The highest BCUT2D eigenvalue weighted by Crippen LogP contribution is 2.32. The third-order valence-corrected chi connectivity index (χ3v) is 6.92. The second kappa shape index (κ2) is 13.4. The SMILES string of the molecule is CCCC(=O)N1CCC[C@H]1C(=O)NC(c1ccccc1)c1cccc(C)c1.[N-]=[N+]=NC1C=Nc2ccccc21. The van der Waals surface area contributed by atoms with Gasteiger partial charge < -0.3 is 10.2 Å². The van der Waals surface area contributed by atoms with Gasteiger partial charge in [0.1, 0.15) is 6.04 Å². The predicted molar refractivity (Wildman–Crippen MR) is 154 cm³/mol. The number of hydrogen-bond acceptors (Lipinski definition) is 4. The molecule has 2 aliphatic heterocycles. The normalized spacial score (nSPS) is 17.8. The summed E-state index contributed by atoms with van der Waals surface area (Å²) in [6.07, 6.45) is 4.58. The molecule has 0 radical (unpaired) electrons. The van der Waals surface area contributed by atoms with Gasteiger partial charge in [-0.1, -0.05) is 90.4 Å². The number of amides is 2. The Morgan fingerprint density at radius 3 is 2.56 bits per heavy atom. The van der Waals surface area contributed by atoms with E-state index in [4.69, 9.17) is 5.53 Å². The highest BCUT2D eigenvalue weighted by atomic mass is 16.2. The summed E-state index contributed by atoms with van der Waals surface area (Å²) in [6, 6.07) is 25.1. The van der Waals surface area contributed by atoms with Crippen molar-refractivity contribution in [1.82, 2.24) is 10.2 Å². The zero-order valence-corrected chi connectivity index (χ0v) is 22.4. The molecule has 5 rings (SSSR count). The van der Waals surface area contributed by atoms with Gasteiger partial charge in [0.25, 0.3) is 0 Å². The molecule has 0 spiro atoms. The van der Waals surface area contributed by atoms with Crippen LogP contribution in [0.15, 0.2) is 89.0 Å². The lowest BCUT2D eigenvalue weighted by Crippen LogP contribution is -2.47. The molecule has 0 saturated carbocycles. The average Bonchev–Trinajstić information content (AvgIpc) is 3.61. The number of benzene rings is 3. The first kappa shape index (κ1) is 27.6. The van der Waals surface area contributed by atoms with Crippen LogP contribution in [0.2, 0.25) is 0 Å². The Hall–Kier alpha value is -4.42. The minimum Gasteiger partial charge on any atom is -0.343 e. The lowest BCUT2D eigenvalue weighted by molar-refractivity contribution is -0.138. The average molecular weight is 523 g/mol. The number of aryl methyl sites for hydroxylation is 1. The number of hydrogen-bond donors (Lipinski definition) is 1. The minimum absolute atomic E-state index is 0.0627. The zero-order valence-electron chi connectivity index (χ0n) is 22.4. The van der Waals surface area contributed by atoms with E-state index in [1.54, 1.807) is 11.1 Å². The molecule has 0 aliphatic carbocycles. The molecule has 2 heterocycles. The van der Waals surface area contributed by atoms with Crippen molar-refractivity contribution in [2.45, 2.75) is 57.7 Å². The van der Waals surface area contributed by atoms with Crippen LogP contribution < -0.4 is 5.32 Å². The number of rotatable bonds is 7. The van der Waals surface area contributed by atoms with Gasteiger partial charge in [0, 0.05) is 24.1 Å². The molecule has 1 N–H and O–H groups in total. The second-order valence-corrected chi connectivity index (χ2v) is 9.75. The van der Waals surface area contributed by atoms with Crippen molar-refractivity contribution in [2.75, 3.05) is 6.54 Å². The van der Waals surface area contributed by atoms with E-state index in [-0.39, 0.29) is 29.9 Å². The molecule has 39 heavy (non-hydrogen) atoms. The van der Waals surface area contributed by atoms with E-state index in [1.165, 1.54) is 0 Å². The molecule has 2 amide bonds. The topological polar surface area (TPSA) is 111 Å². The fourth-order valence-corrected chi connectivity index (χ4v) is 5.02. The van der Waals surface area contributed by atoms with Crippen molar-refractivity contribution in [1.29, 1.82) is 0 Å². The maximum absolute atomic E-state index is 13.1. The van der Waals surface area contributed by atoms with Gasteiger partial charge in [-0.15, -0.1) is 0 Å². The van der Waals surface area contributed by atoms with Gasteiger partial charge in [0.05, 0.1) is 17.8 Å². The van der Waals surface area contributed by atoms with Gasteiger partial charge in [0.2, 0.25) is 11.8 Å². The Bertz CT molecular complexity index is 1370. The Morgan fingerprint density at radius 2 is 1.82 bits per heavy atom. The van der Waals surface area contributed by atoms with E-state index >= 15 is 0 Å². The first-order chi connectivity index (χ1) is 19.0. The van der Waals surface area contributed by atoms with E-state index in [2.05, 4.69) is 39.4 Å². The highest BCUT2D eigenvalue weighted by molar-refractivity contribution is 5.88. The monoisotopic (exact) mass is 522 g/mol. The number of carbonyl (C=O) groups excluding carboxylic acids is 2. The van der Waals surface area contributed by atoms with Crippen LogP contribution in [-0.2, 0) is 9.59 Å². The van der Waals surface area contributed by atoms with E-state index in [0.717, 1.165) is 47.2 Å². The lowest BCUT2D eigenvalue weighted by Gasteiger charge is -2.27. The number of aliphatic imine (C=N–C) groups is 1. The van der Waals surface area contributed by atoms with Crippen molar-refractivity contribution < 1.29 is 9.59 Å². The van der Waals surface area contributed by atoms with Crippen LogP contribution in [0.5, 0.6) is 0 Å². The lowest BCUT2D eigenvalue weighted by atomic mass is 9.97. The van der Waals surface area contributed by atoms with E-state index in [1.807, 2.05) is 73.7 Å². The predicted octanol–water partition coefficient (Wildman–Crippen LogP) is 6.75.